The molecule has 0 bridgehead atoms. The highest BCUT2D eigenvalue weighted by atomic mass is 16.5. The second-order valence-corrected chi connectivity index (χ2v) is 4.15. The first-order valence-electron chi connectivity index (χ1n) is 6.17. The van der Waals surface area contributed by atoms with Crippen LogP contribution in [0.25, 0.3) is 12.2 Å². The minimum absolute atomic E-state index is 0.500. The van der Waals surface area contributed by atoms with Gasteiger partial charge in [-0.1, -0.05) is 42.5 Å². The standard InChI is InChI=1S/C17H15NO2/c1-19-15-10-14(16(12-18)17(11-15)20-2)9-8-13-6-4-3-5-7-13/h3-11H,1-2H3. The molecule has 100 valence electrons. The summed E-state index contributed by atoms with van der Waals surface area (Å²) in [5, 5.41) is 9.29. The molecule has 0 saturated heterocycles. The van der Waals surface area contributed by atoms with Gasteiger partial charge in [0.25, 0.3) is 0 Å². The Labute approximate surface area is 118 Å². The summed E-state index contributed by atoms with van der Waals surface area (Å²) in [6.45, 7) is 0. The molecule has 0 amide bonds. The van der Waals surface area contributed by atoms with Gasteiger partial charge in [-0.3, -0.25) is 0 Å². The predicted molar refractivity (Wildman–Crippen MR) is 79.6 cm³/mol. The van der Waals surface area contributed by atoms with Gasteiger partial charge < -0.3 is 9.47 Å². The van der Waals surface area contributed by atoms with E-state index in [1.54, 1.807) is 20.3 Å². The Kier molecular flexibility index (Phi) is 4.41. The molecule has 0 atom stereocenters. The zero-order valence-corrected chi connectivity index (χ0v) is 11.5. The summed E-state index contributed by atoms with van der Waals surface area (Å²) in [6.07, 6.45) is 3.84. The number of rotatable bonds is 4. The smallest absolute Gasteiger partial charge is 0.140 e. The molecule has 0 spiro atoms. The summed E-state index contributed by atoms with van der Waals surface area (Å²) < 4.78 is 10.5. The average Bonchev–Trinajstić information content (AvgIpc) is 2.52. The Bertz CT molecular complexity index is 655. The molecule has 0 aliphatic heterocycles. The van der Waals surface area contributed by atoms with Crippen molar-refractivity contribution in [3.05, 3.63) is 59.2 Å². The molecule has 0 aliphatic rings. The highest BCUT2D eigenvalue weighted by Crippen LogP contribution is 2.29. The van der Waals surface area contributed by atoms with Crippen LogP contribution in [0.4, 0.5) is 0 Å². The van der Waals surface area contributed by atoms with Crippen LogP contribution in [0.2, 0.25) is 0 Å². The number of hydrogen-bond donors (Lipinski definition) is 0. The van der Waals surface area contributed by atoms with Crippen LogP contribution in [-0.4, -0.2) is 14.2 Å². The highest BCUT2D eigenvalue weighted by Gasteiger charge is 2.09. The maximum atomic E-state index is 9.29. The number of hydrogen-bond acceptors (Lipinski definition) is 3. The topological polar surface area (TPSA) is 42.2 Å². The largest absolute Gasteiger partial charge is 0.497 e. The lowest BCUT2D eigenvalue weighted by Crippen LogP contribution is -1.93. The Morgan fingerprint density at radius 1 is 1.00 bits per heavy atom. The molecule has 20 heavy (non-hydrogen) atoms. The first kappa shape index (κ1) is 13.7. The summed E-state index contributed by atoms with van der Waals surface area (Å²) in [7, 11) is 3.13. The maximum absolute atomic E-state index is 9.29. The van der Waals surface area contributed by atoms with E-state index in [1.807, 2.05) is 48.6 Å². The van der Waals surface area contributed by atoms with Crippen LogP contribution in [0.5, 0.6) is 11.5 Å². The van der Waals surface area contributed by atoms with Gasteiger partial charge in [0.1, 0.15) is 23.1 Å². The molecule has 2 aromatic carbocycles. The van der Waals surface area contributed by atoms with Crippen molar-refractivity contribution in [2.24, 2.45) is 0 Å². The van der Waals surface area contributed by atoms with E-state index in [4.69, 9.17) is 9.47 Å². The van der Waals surface area contributed by atoms with Gasteiger partial charge in [0.2, 0.25) is 0 Å². The summed E-state index contributed by atoms with van der Waals surface area (Å²) >= 11 is 0. The van der Waals surface area contributed by atoms with Crippen LogP contribution in [-0.2, 0) is 0 Å². The first-order valence-corrected chi connectivity index (χ1v) is 6.17. The fourth-order valence-electron chi connectivity index (χ4n) is 1.89. The van der Waals surface area contributed by atoms with Crippen molar-refractivity contribution < 1.29 is 9.47 Å². The van der Waals surface area contributed by atoms with E-state index in [0.29, 0.717) is 17.1 Å². The SMILES string of the molecule is COc1cc(C=Cc2ccccc2)c(C#N)c(OC)c1. The highest BCUT2D eigenvalue weighted by molar-refractivity contribution is 5.75. The molecule has 0 unspecified atom stereocenters. The van der Waals surface area contributed by atoms with E-state index in [9.17, 15) is 5.26 Å². The predicted octanol–water partition coefficient (Wildman–Crippen LogP) is 3.75. The fraction of sp³-hybridized carbons (Fsp3) is 0.118. The average molecular weight is 265 g/mol. The molecule has 0 saturated carbocycles. The Morgan fingerprint density at radius 2 is 1.75 bits per heavy atom. The second kappa shape index (κ2) is 6.44. The van der Waals surface area contributed by atoms with Gasteiger partial charge in [0.15, 0.2) is 0 Å². The van der Waals surface area contributed by atoms with Gasteiger partial charge in [-0.25, -0.2) is 0 Å². The number of ether oxygens (including phenoxy) is 2. The summed E-state index contributed by atoms with van der Waals surface area (Å²) in [5.74, 6) is 1.17. The third kappa shape index (κ3) is 2.99. The molecule has 0 fully saturated rings. The Hall–Kier alpha value is -2.73. The van der Waals surface area contributed by atoms with Crippen LogP contribution >= 0.6 is 0 Å². The summed E-state index contributed by atoms with van der Waals surface area (Å²) in [4.78, 5) is 0. The number of methoxy groups -OCH3 is 2. The Morgan fingerprint density at radius 3 is 2.35 bits per heavy atom. The minimum Gasteiger partial charge on any atom is -0.497 e. The van der Waals surface area contributed by atoms with Crippen LogP contribution < -0.4 is 9.47 Å². The van der Waals surface area contributed by atoms with Crippen molar-refractivity contribution >= 4 is 12.2 Å². The van der Waals surface area contributed by atoms with Gasteiger partial charge in [-0.2, -0.15) is 5.26 Å². The summed E-state index contributed by atoms with van der Waals surface area (Å²) in [6, 6.07) is 15.6. The van der Waals surface area contributed by atoms with Gasteiger partial charge >= 0.3 is 0 Å². The van der Waals surface area contributed by atoms with Gasteiger partial charge in [-0.15, -0.1) is 0 Å². The van der Waals surface area contributed by atoms with Gasteiger partial charge in [0.05, 0.1) is 14.2 Å². The van der Waals surface area contributed by atoms with E-state index in [0.717, 1.165) is 11.1 Å². The van der Waals surface area contributed by atoms with Crippen LogP contribution in [0.1, 0.15) is 16.7 Å². The lowest BCUT2D eigenvalue weighted by atomic mass is 10.0. The van der Waals surface area contributed by atoms with Crippen molar-refractivity contribution in [2.75, 3.05) is 14.2 Å². The lowest BCUT2D eigenvalue weighted by Gasteiger charge is -2.09. The van der Waals surface area contributed by atoms with Crippen molar-refractivity contribution in [3.63, 3.8) is 0 Å². The molecule has 3 heteroatoms. The monoisotopic (exact) mass is 265 g/mol. The molecule has 0 aliphatic carbocycles. The third-order valence-corrected chi connectivity index (χ3v) is 2.93. The molecule has 2 aromatic rings. The molecule has 0 heterocycles. The van der Waals surface area contributed by atoms with E-state index >= 15 is 0 Å². The van der Waals surface area contributed by atoms with Crippen molar-refractivity contribution in [2.45, 2.75) is 0 Å². The number of nitrogens with zero attached hydrogens (tertiary/aromatic N) is 1. The number of nitriles is 1. The summed E-state index contributed by atoms with van der Waals surface area (Å²) in [5.41, 5.74) is 2.34. The lowest BCUT2D eigenvalue weighted by molar-refractivity contribution is 0.393. The van der Waals surface area contributed by atoms with Gasteiger partial charge in [-0.05, 0) is 17.2 Å². The van der Waals surface area contributed by atoms with Crippen LogP contribution in [0.3, 0.4) is 0 Å². The van der Waals surface area contributed by atoms with Crippen molar-refractivity contribution in [1.29, 1.82) is 5.26 Å². The van der Waals surface area contributed by atoms with E-state index in [2.05, 4.69) is 6.07 Å². The zero-order chi connectivity index (χ0) is 14.4. The van der Waals surface area contributed by atoms with Crippen molar-refractivity contribution in [1.82, 2.24) is 0 Å². The first-order chi connectivity index (χ1) is 9.78. The van der Waals surface area contributed by atoms with Gasteiger partial charge in [0, 0.05) is 6.07 Å². The van der Waals surface area contributed by atoms with E-state index in [1.165, 1.54) is 0 Å². The maximum Gasteiger partial charge on any atom is 0.140 e. The Balaban J connectivity index is 2.45. The molecule has 2 rings (SSSR count). The molecule has 0 aromatic heterocycles. The molecule has 0 radical (unpaired) electrons. The molecule has 0 N–H and O–H groups in total. The molecular weight excluding hydrogens is 250 g/mol. The normalized spacial score (nSPS) is 10.2. The van der Waals surface area contributed by atoms with E-state index in [-0.39, 0.29) is 0 Å². The van der Waals surface area contributed by atoms with Crippen LogP contribution in [0.15, 0.2) is 42.5 Å². The third-order valence-electron chi connectivity index (χ3n) is 2.93. The minimum atomic E-state index is 0.500. The fourth-order valence-corrected chi connectivity index (χ4v) is 1.89. The van der Waals surface area contributed by atoms with Crippen molar-refractivity contribution in [3.8, 4) is 17.6 Å². The quantitative estimate of drug-likeness (QED) is 0.791. The molecular formula is C17H15NO2. The number of benzene rings is 2. The molecule has 3 nitrogen and oxygen atoms in total. The zero-order valence-electron chi connectivity index (χ0n) is 11.5. The second-order valence-electron chi connectivity index (χ2n) is 4.15. The van der Waals surface area contributed by atoms with Crippen LogP contribution in [0, 0.1) is 11.3 Å². The van der Waals surface area contributed by atoms with E-state index < -0.39 is 0 Å².